The molecule has 7 heteroatoms. The molecule has 2 rings (SSSR count). The molecule has 2 heterocycles. The van der Waals surface area contributed by atoms with Crippen molar-refractivity contribution in [3.05, 3.63) is 16.6 Å². The first kappa shape index (κ1) is 13.8. The predicted octanol–water partition coefficient (Wildman–Crippen LogP) is 1.33. The van der Waals surface area contributed by atoms with Gasteiger partial charge in [0.1, 0.15) is 5.54 Å². The van der Waals surface area contributed by atoms with Crippen LogP contribution in [0.5, 0.6) is 0 Å². The first-order valence-corrected chi connectivity index (χ1v) is 7.09. The summed E-state index contributed by atoms with van der Waals surface area (Å²) in [7, 11) is 0. The van der Waals surface area contributed by atoms with Gasteiger partial charge in [-0.05, 0) is 19.8 Å². The molecule has 0 saturated carbocycles. The molecular weight excluding hydrogens is 266 g/mol. The van der Waals surface area contributed by atoms with Gasteiger partial charge in [-0.25, -0.2) is 14.6 Å². The lowest BCUT2D eigenvalue weighted by Crippen LogP contribution is -2.54. The molecule has 0 aromatic carbocycles. The van der Waals surface area contributed by atoms with Crippen molar-refractivity contribution in [3.63, 3.8) is 0 Å². The van der Waals surface area contributed by atoms with E-state index in [1.165, 1.54) is 4.90 Å². The normalized spacial score (nSPS) is 22.5. The van der Waals surface area contributed by atoms with Crippen LogP contribution in [0.25, 0.3) is 0 Å². The second-order valence-corrected chi connectivity index (χ2v) is 5.72. The van der Waals surface area contributed by atoms with Gasteiger partial charge in [0.2, 0.25) is 0 Å². The van der Waals surface area contributed by atoms with E-state index in [1.807, 2.05) is 5.38 Å². The van der Waals surface area contributed by atoms with Crippen LogP contribution >= 0.6 is 11.3 Å². The SMILES string of the molecule is CC1(C(=O)O)CCCN1C(=O)NCCc1nccs1. The molecule has 1 aliphatic heterocycles. The Morgan fingerprint density at radius 1 is 1.63 bits per heavy atom. The summed E-state index contributed by atoms with van der Waals surface area (Å²) in [5.41, 5.74) is -1.08. The van der Waals surface area contributed by atoms with Crippen LogP contribution in [0.2, 0.25) is 0 Å². The van der Waals surface area contributed by atoms with E-state index in [0.717, 1.165) is 11.4 Å². The van der Waals surface area contributed by atoms with Crippen molar-refractivity contribution in [1.82, 2.24) is 15.2 Å². The van der Waals surface area contributed by atoms with Gasteiger partial charge in [-0.15, -0.1) is 11.3 Å². The summed E-state index contributed by atoms with van der Waals surface area (Å²) in [6, 6.07) is -0.307. The third kappa shape index (κ3) is 2.86. The van der Waals surface area contributed by atoms with Crippen molar-refractivity contribution in [1.29, 1.82) is 0 Å². The van der Waals surface area contributed by atoms with Gasteiger partial charge in [0, 0.05) is 31.1 Å². The van der Waals surface area contributed by atoms with Gasteiger partial charge in [0.05, 0.1) is 5.01 Å². The third-order valence-corrected chi connectivity index (χ3v) is 4.28. The van der Waals surface area contributed by atoms with Crippen molar-refractivity contribution in [2.75, 3.05) is 13.1 Å². The maximum Gasteiger partial charge on any atom is 0.329 e. The van der Waals surface area contributed by atoms with E-state index in [0.29, 0.717) is 25.9 Å². The Morgan fingerprint density at radius 3 is 3.05 bits per heavy atom. The smallest absolute Gasteiger partial charge is 0.329 e. The first-order valence-electron chi connectivity index (χ1n) is 6.21. The number of amides is 2. The number of nitrogens with one attached hydrogen (secondary N) is 1. The zero-order valence-corrected chi connectivity index (χ0v) is 11.6. The Hall–Kier alpha value is -1.63. The van der Waals surface area contributed by atoms with Crippen LogP contribution in [0.3, 0.4) is 0 Å². The lowest BCUT2D eigenvalue weighted by Gasteiger charge is -2.31. The zero-order chi connectivity index (χ0) is 13.9. The van der Waals surface area contributed by atoms with E-state index in [1.54, 1.807) is 24.5 Å². The number of likely N-dealkylation sites (tertiary alicyclic amines) is 1. The van der Waals surface area contributed by atoms with Crippen molar-refractivity contribution in [2.45, 2.75) is 31.7 Å². The Kier molecular flexibility index (Phi) is 4.04. The summed E-state index contributed by atoms with van der Waals surface area (Å²) < 4.78 is 0. The van der Waals surface area contributed by atoms with Crippen molar-refractivity contribution < 1.29 is 14.7 Å². The average molecular weight is 283 g/mol. The van der Waals surface area contributed by atoms with Gasteiger partial charge in [-0.3, -0.25) is 0 Å². The van der Waals surface area contributed by atoms with Crippen LogP contribution in [0.15, 0.2) is 11.6 Å². The third-order valence-electron chi connectivity index (χ3n) is 3.45. The molecule has 1 aromatic heterocycles. The largest absolute Gasteiger partial charge is 0.480 e. The minimum absolute atomic E-state index is 0.307. The standard InChI is InChI=1S/C12H17N3O3S/c1-12(10(16)17)4-2-7-15(12)11(18)14-5-3-9-13-6-8-19-9/h6,8H,2-5,7H2,1H3,(H,14,18)(H,16,17). The molecule has 1 fully saturated rings. The number of carbonyl (C=O) groups is 2. The van der Waals surface area contributed by atoms with Crippen LogP contribution in [0.4, 0.5) is 4.79 Å². The van der Waals surface area contributed by atoms with Gasteiger partial charge in [-0.2, -0.15) is 0 Å². The van der Waals surface area contributed by atoms with Crippen LogP contribution in [-0.2, 0) is 11.2 Å². The molecule has 0 spiro atoms. The zero-order valence-electron chi connectivity index (χ0n) is 10.8. The maximum atomic E-state index is 12.0. The summed E-state index contributed by atoms with van der Waals surface area (Å²) in [4.78, 5) is 28.8. The molecule has 2 N–H and O–H groups in total. The summed E-state index contributed by atoms with van der Waals surface area (Å²) in [5.74, 6) is -0.944. The fourth-order valence-corrected chi connectivity index (χ4v) is 2.88. The lowest BCUT2D eigenvalue weighted by atomic mass is 10.00. The highest BCUT2D eigenvalue weighted by Gasteiger charge is 2.45. The number of thiazole rings is 1. The number of carbonyl (C=O) groups excluding carboxylic acids is 1. The second-order valence-electron chi connectivity index (χ2n) is 4.74. The summed E-state index contributed by atoms with van der Waals surface area (Å²) in [6.45, 7) is 2.56. The summed E-state index contributed by atoms with van der Waals surface area (Å²) >= 11 is 1.54. The summed E-state index contributed by atoms with van der Waals surface area (Å²) in [5, 5.41) is 14.8. The Bertz CT molecular complexity index is 463. The van der Waals surface area contributed by atoms with Crippen LogP contribution in [-0.4, -0.2) is 45.6 Å². The van der Waals surface area contributed by atoms with Crippen molar-refractivity contribution in [2.24, 2.45) is 0 Å². The minimum Gasteiger partial charge on any atom is -0.480 e. The van der Waals surface area contributed by atoms with Crippen molar-refractivity contribution >= 4 is 23.3 Å². The lowest BCUT2D eigenvalue weighted by molar-refractivity contribution is -0.147. The number of aliphatic carboxylic acids is 1. The molecule has 2 amide bonds. The second kappa shape index (κ2) is 5.56. The number of urea groups is 1. The van der Waals surface area contributed by atoms with Crippen LogP contribution in [0, 0.1) is 0 Å². The first-order chi connectivity index (χ1) is 9.04. The number of carboxylic acid groups (broad SMARTS) is 1. The van der Waals surface area contributed by atoms with Gasteiger partial charge in [-0.1, -0.05) is 0 Å². The fourth-order valence-electron chi connectivity index (χ4n) is 2.26. The number of hydrogen-bond acceptors (Lipinski definition) is 4. The molecule has 0 aliphatic carbocycles. The average Bonchev–Trinajstić information content (AvgIpc) is 2.99. The van der Waals surface area contributed by atoms with Gasteiger partial charge in [0.15, 0.2) is 0 Å². The van der Waals surface area contributed by atoms with E-state index in [9.17, 15) is 14.7 Å². The highest BCUT2D eigenvalue weighted by molar-refractivity contribution is 7.09. The number of nitrogens with zero attached hydrogens (tertiary/aromatic N) is 2. The highest BCUT2D eigenvalue weighted by atomic mass is 32.1. The van der Waals surface area contributed by atoms with E-state index >= 15 is 0 Å². The maximum absolute atomic E-state index is 12.0. The van der Waals surface area contributed by atoms with Crippen molar-refractivity contribution in [3.8, 4) is 0 Å². The predicted molar refractivity (Wildman–Crippen MR) is 71.2 cm³/mol. The van der Waals surface area contributed by atoms with Crippen LogP contribution in [0.1, 0.15) is 24.8 Å². The molecule has 1 aromatic rings. The molecule has 1 aliphatic rings. The highest BCUT2D eigenvalue weighted by Crippen LogP contribution is 2.29. The van der Waals surface area contributed by atoms with Gasteiger partial charge < -0.3 is 15.3 Å². The molecule has 0 bridgehead atoms. The number of aromatic nitrogens is 1. The molecular formula is C12H17N3O3S. The molecule has 0 radical (unpaired) electrons. The Balaban J connectivity index is 1.87. The Morgan fingerprint density at radius 2 is 2.42 bits per heavy atom. The molecule has 6 nitrogen and oxygen atoms in total. The molecule has 1 saturated heterocycles. The number of hydrogen-bond donors (Lipinski definition) is 2. The minimum atomic E-state index is -1.08. The number of rotatable bonds is 4. The number of carboxylic acids is 1. The summed E-state index contributed by atoms with van der Waals surface area (Å²) in [6.07, 6.45) is 3.62. The van der Waals surface area contributed by atoms with Gasteiger partial charge >= 0.3 is 12.0 Å². The fraction of sp³-hybridized carbons (Fsp3) is 0.583. The van der Waals surface area contributed by atoms with Gasteiger partial charge in [0.25, 0.3) is 0 Å². The molecule has 104 valence electrons. The van der Waals surface area contributed by atoms with E-state index in [2.05, 4.69) is 10.3 Å². The topological polar surface area (TPSA) is 82.5 Å². The monoisotopic (exact) mass is 283 g/mol. The quantitative estimate of drug-likeness (QED) is 0.873. The van der Waals surface area contributed by atoms with E-state index in [4.69, 9.17) is 0 Å². The Labute approximate surface area is 115 Å². The molecule has 19 heavy (non-hydrogen) atoms. The molecule has 1 atom stereocenters. The van der Waals surface area contributed by atoms with E-state index in [-0.39, 0.29) is 6.03 Å². The van der Waals surface area contributed by atoms with E-state index < -0.39 is 11.5 Å². The molecule has 1 unspecified atom stereocenters. The van der Waals surface area contributed by atoms with Crippen LogP contribution < -0.4 is 5.32 Å².